The second-order valence-corrected chi connectivity index (χ2v) is 6.75. The molecule has 0 fully saturated rings. The molecule has 7 nitrogen and oxygen atoms in total. The SMILES string of the molecule is O=C(Nc1ccccc1NC(=O)c1ccc(Cl)cc1[N+](=O)[O-])c1ccc(Cl)cc1. The Morgan fingerprint density at radius 2 is 1.34 bits per heavy atom. The van der Waals surface area contributed by atoms with Crippen molar-refractivity contribution in [3.05, 3.63) is 98.0 Å². The first kappa shape index (κ1) is 20.3. The quantitative estimate of drug-likeness (QED) is 0.418. The third-order valence-corrected chi connectivity index (χ3v) is 4.42. The van der Waals surface area contributed by atoms with Crippen molar-refractivity contribution in [3.8, 4) is 0 Å². The van der Waals surface area contributed by atoms with Gasteiger partial charge in [0.15, 0.2) is 0 Å². The summed E-state index contributed by atoms with van der Waals surface area (Å²) in [5.74, 6) is -1.11. The maximum absolute atomic E-state index is 12.6. The molecule has 0 unspecified atom stereocenters. The first-order valence-corrected chi connectivity index (χ1v) is 9.02. The number of carbonyl (C=O) groups is 2. The van der Waals surface area contributed by atoms with Crippen LogP contribution < -0.4 is 10.6 Å². The molecule has 9 heteroatoms. The first-order valence-electron chi connectivity index (χ1n) is 8.26. The fraction of sp³-hybridized carbons (Fsp3) is 0. The van der Waals surface area contributed by atoms with Gasteiger partial charge in [-0.05, 0) is 48.5 Å². The summed E-state index contributed by atoms with van der Waals surface area (Å²) in [4.78, 5) is 35.6. The Morgan fingerprint density at radius 1 is 0.793 bits per heavy atom. The normalized spacial score (nSPS) is 10.3. The van der Waals surface area contributed by atoms with E-state index in [2.05, 4.69) is 10.6 Å². The summed E-state index contributed by atoms with van der Waals surface area (Å²) >= 11 is 11.6. The predicted molar refractivity (Wildman–Crippen MR) is 112 cm³/mol. The number of anilines is 2. The van der Waals surface area contributed by atoms with Crippen LogP contribution in [0.3, 0.4) is 0 Å². The third-order valence-electron chi connectivity index (χ3n) is 3.93. The average molecular weight is 430 g/mol. The Morgan fingerprint density at radius 3 is 1.93 bits per heavy atom. The number of hydrogen-bond acceptors (Lipinski definition) is 4. The minimum Gasteiger partial charge on any atom is -0.320 e. The van der Waals surface area contributed by atoms with Crippen molar-refractivity contribution in [2.75, 3.05) is 10.6 Å². The van der Waals surface area contributed by atoms with Gasteiger partial charge in [-0.3, -0.25) is 19.7 Å². The Hall–Kier alpha value is -3.42. The van der Waals surface area contributed by atoms with Crippen LogP contribution >= 0.6 is 23.2 Å². The molecule has 0 bridgehead atoms. The van der Waals surface area contributed by atoms with Crippen LogP contribution in [0.1, 0.15) is 20.7 Å². The van der Waals surface area contributed by atoms with E-state index in [0.717, 1.165) is 6.07 Å². The largest absolute Gasteiger partial charge is 0.320 e. The highest BCUT2D eigenvalue weighted by Crippen LogP contribution is 2.27. The molecular formula is C20H13Cl2N3O4. The summed E-state index contributed by atoms with van der Waals surface area (Å²) in [6.45, 7) is 0. The number of amides is 2. The van der Waals surface area contributed by atoms with Crippen LogP contribution in [0.5, 0.6) is 0 Å². The Balaban J connectivity index is 1.84. The lowest BCUT2D eigenvalue weighted by molar-refractivity contribution is -0.385. The maximum atomic E-state index is 12.6. The smallest absolute Gasteiger partial charge is 0.283 e. The van der Waals surface area contributed by atoms with Crippen LogP contribution in [-0.4, -0.2) is 16.7 Å². The summed E-state index contributed by atoms with van der Waals surface area (Å²) in [6.07, 6.45) is 0. The molecule has 3 aromatic carbocycles. The molecule has 0 aliphatic heterocycles. The summed E-state index contributed by atoms with van der Waals surface area (Å²) in [5, 5.41) is 17.1. The lowest BCUT2D eigenvalue weighted by Crippen LogP contribution is -2.17. The highest BCUT2D eigenvalue weighted by molar-refractivity contribution is 6.31. The van der Waals surface area contributed by atoms with Gasteiger partial charge in [0.25, 0.3) is 17.5 Å². The number of benzene rings is 3. The topological polar surface area (TPSA) is 101 Å². The fourth-order valence-electron chi connectivity index (χ4n) is 2.53. The van der Waals surface area contributed by atoms with Crippen molar-refractivity contribution in [1.82, 2.24) is 0 Å². The van der Waals surface area contributed by atoms with Crippen LogP contribution in [-0.2, 0) is 0 Å². The zero-order chi connectivity index (χ0) is 21.0. The van der Waals surface area contributed by atoms with E-state index in [1.165, 1.54) is 12.1 Å². The molecule has 29 heavy (non-hydrogen) atoms. The van der Waals surface area contributed by atoms with Crippen LogP contribution in [0.15, 0.2) is 66.7 Å². The van der Waals surface area contributed by atoms with Gasteiger partial charge in [0.2, 0.25) is 0 Å². The van der Waals surface area contributed by atoms with E-state index in [1.54, 1.807) is 48.5 Å². The van der Waals surface area contributed by atoms with E-state index >= 15 is 0 Å². The van der Waals surface area contributed by atoms with E-state index in [-0.39, 0.29) is 16.3 Å². The van der Waals surface area contributed by atoms with Crippen molar-refractivity contribution in [1.29, 1.82) is 0 Å². The summed E-state index contributed by atoms with van der Waals surface area (Å²) in [6, 6.07) is 16.6. The molecule has 3 rings (SSSR count). The zero-order valence-electron chi connectivity index (χ0n) is 14.7. The lowest BCUT2D eigenvalue weighted by Gasteiger charge is -2.12. The highest BCUT2D eigenvalue weighted by atomic mass is 35.5. The number of para-hydroxylation sites is 2. The molecule has 0 atom stereocenters. The number of rotatable bonds is 5. The number of halogens is 2. The van der Waals surface area contributed by atoms with Crippen molar-refractivity contribution in [3.63, 3.8) is 0 Å². The van der Waals surface area contributed by atoms with Crippen molar-refractivity contribution in [2.24, 2.45) is 0 Å². The molecule has 0 heterocycles. The number of nitrogens with one attached hydrogen (secondary N) is 2. The van der Waals surface area contributed by atoms with Crippen molar-refractivity contribution < 1.29 is 14.5 Å². The third kappa shape index (κ3) is 4.90. The van der Waals surface area contributed by atoms with E-state index in [9.17, 15) is 19.7 Å². The number of nitro benzene ring substituents is 1. The van der Waals surface area contributed by atoms with Gasteiger partial charge in [0, 0.05) is 21.7 Å². The van der Waals surface area contributed by atoms with Gasteiger partial charge in [0.05, 0.1) is 16.3 Å². The zero-order valence-corrected chi connectivity index (χ0v) is 16.2. The van der Waals surface area contributed by atoms with E-state index in [0.29, 0.717) is 16.3 Å². The molecule has 3 aromatic rings. The molecule has 0 saturated heterocycles. The predicted octanol–water partition coefficient (Wildman–Crippen LogP) is 5.41. The minimum absolute atomic E-state index is 0.142. The average Bonchev–Trinajstić information content (AvgIpc) is 2.69. The first-order chi connectivity index (χ1) is 13.8. The van der Waals surface area contributed by atoms with Gasteiger partial charge in [-0.1, -0.05) is 35.3 Å². The van der Waals surface area contributed by atoms with Crippen LogP contribution in [0, 0.1) is 10.1 Å². The van der Waals surface area contributed by atoms with E-state index < -0.39 is 22.4 Å². The molecule has 0 aliphatic carbocycles. The van der Waals surface area contributed by atoms with E-state index in [1.807, 2.05) is 0 Å². The minimum atomic E-state index is -0.707. The molecule has 0 spiro atoms. The molecule has 0 aromatic heterocycles. The van der Waals surface area contributed by atoms with Crippen LogP contribution in [0.4, 0.5) is 17.1 Å². The van der Waals surface area contributed by atoms with Gasteiger partial charge >= 0.3 is 0 Å². The van der Waals surface area contributed by atoms with Crippen LogP contribution in [0.25, 0.3) is 0 Å². The molecule has 0 radical (unpaired) electrons. The molecular weight excluding hydrogens is 417 g/mol. The summed E-state index contributed by atoms with van der Waals surface area (Å²) in [7, 11) is 0. The van der Waals surface area contributed by atoms with Crippen molar-refractivity contribution in [2.45, 2.75) is 0 Å². The molecule has 0 aliphatic rings. The Bertz CT molecular complexity index is 1100. The van der Waals surface area contributed by atoms with Gasteiger partial charge in [-0.25, -0.2) is 0 Å². The number of nitrogens with zero attached hydrogens (tertiary/aromatic N) is 1. The second kappa shape index (κ2) is 8.72. The fourth-order valence-corrected chi connectivity index (χ4v) is 2.83. The van der Waals surface area contributed by atoms with E-state index in [4.69, 9.17) is 23.2 Å². The number of carbonyl (C=O) groups excluding carboxylic acids is 2. The second-order valence-electron chi connectivity index (χ2n) is 5.88. The van der Waals surface area contributed by atoms with Gasteiger partial charge < -0.3 is 10.6 Å². The van der Waals surface area contributed by atoms with Gasteiger partial charge in [0.1, 0.15) is 5.56 Å². The molecule has 2 amide bonds. The van der Waals surface area contributed by atoms with Gasteiger partial charge in [-0.15, -0.1) is 0 Å². The Labute approximate surface area is 175 Å². The monoisotopic (exact) mass is 429 g/mol. The number of hydrogen-bond donors (Lipinski definition) is 2. The molecule has 0 saturated carbocycles. The standard InChI is InChI=1S/C20H13Cl2N3O4/c21-13-7-5-12(6-8-13)19(26)23-16-3-1-2-4-17(16)24-20(27)15-10-9-14(22)11-18(15)25(28)29/h1-11H,(H,23,26)(H,24,27). The van der Waals surface area contributed by atoms with Crippen molar-refractivity contribution >= 4 is 52.1 Å². The number of nitro groups is 1. The summed E-state index contributed by atoms with van der Waals surface area (Å²) in [5.41, 5.74) is 0.418. The highest BCUT2D eigenvalue weighted by Gasteiger charge is 2.21. The Kier molecular flexibility index (Phi) is 6.11. The lowest BCUT2D eigenvalue weighted by atomic mass is 10.1. The summed E-state index contributed by atoms with van der Waals surface area (Å²) < 4.78 is 0. The van der Waals surface area contributed by atoms with Gasteiger partial charge in [-0.2, -0.15) is 0 Å². The maximum Gasteiger partial charge on any atom is 0.283 e. The molecule has 2 N–H and O–H groups in total. The molecule has 146 valence electrons. The van der Waals surface area contributed by atoms with Crippen LogP contribution in [0.2, 0.25) is 10.0 Å².